The molecule has 4 nitrogen and oxygen atoms in total. The Kier molecular flexibility index (Phi) is 5.02. The van der Waals surface area contributed by atoms with Gasteiger partial charge in [-0.15, -0.1) is 0 Å². The number of aryl methyl sites for hydroxylation is 2. The van der Waals surface area contributed by atoms with Gasteiger partial charge in [0.05, 0.1) is 11.3 Å². The van der Waals surface area contributed by atoms with Gasteiger partial charge in [0.15, 0.2) is 0 Å². The van der Waals surface area contributed by atoms with Crippen molar-refractivity contribution in [3.63, 3.8) is 0 Å². The first kappa shape index (κ1) is 14.6. The highest BCUT2D eigenvalue weighted by Gasteiger charge is 2.21. The third-order valence-electron chi connectivity index (χ3n) is 3.75. The second kappa shape index (κ2) is 6.55. The van der Waals surface area contributed by atoms with E-state index in [2.05, 4.69) is 26.3 Å². The van der Waals surface area contributed by atoms with E-state index in [1.807, 2.05) is 20.2 Å². The van der Waals surface area contributed by atoms with Gasteiger partial charge in [-0.3, -0.25) is 9.48 Å². The molecular formula is C14H22BrN3O. The van der Waals surface area contributed by atoms with Gasteiger partial charge < -0.3 is 5.32 Å². The van der Waals surface area contributed by atoms with E-state index in [4.69, 9.17) is 0 Å². The SMILES string of the molecule is CCc1nn(C)cc1C(=O)NCC1CCCC(Br)C1. The van der Waals surface area contributed by atoms with Crippen molar-refractivity contribution >= 4 is 21.8 Å². The molecule has 1 aromatic rings. The lowest BCUT2D eigenvalue weighted by molar-refractivity contribution is 0.0943. The van der Waals surface area contributed by atoms with Gasteiger partial charge in [0.25, 0.3) is 5.91 Å². The van der Waals surface area contributed by atoms with Crippen LogP contribution >= 0.6 is 15.9 Å². The number of halogens is 1. The Bertz CT molecular complexity index is 444. The molecule has 0 radical (unpaired) electrons. The van der Waals surface area contributed by atoms with E-state index in [0.717, 1.165) is 30.6 Å². The van der Waals surface area contributed by atoms with Crippen LogP contribution in [0.5, 0.6) is 0 Å². The summed E-state index contributed by atoms with van der Waals surface area (Å²) in [5.74, 6) is 0.616. The largest absolute Gasteiger partial charge is 0.352 e. The zero-order chi connectivity index (χ0) is 13.8. The molecule has 1 N–H and O–H groups in total. The van der Waals surface area contributed by atoms with Crippen LogP contribution in [-0.4, -0.2) is 27.1 Å². The Morgan fingerprint density at radius 3 is 3.05 bits per heavy atom. The standard InChI is InChI=1S/C14H22BrN3O/c1-3-13-12(9-18(2)17-13)14(19)16-8-10-5-4-6-11(15)7-10/h9-11H,3-8H2,1-2H3,(H,16,19). The summed E-state index contributed by atoms with van der Waals surface area (Å²) < 4.78 is 1.71. The minimum atomic E-state index is 0.0154. The highest BCUT2D eigenvalue weighted by molar-refractivity contribution is 9.09. The van der Waals surface area contributed by atoms with Gasteiger partial charge in [0, 0.05) is 24.6 Å². The number of aromatic nitrogens is 2. The number of carbonyl (C=O) groups is 1. The van der Waals surface area contributed by atoms with Crippen LogP contribution in [0.15, 0.2) is 6.20 Å². The molecule has 1 aromatic heterocycles. The number of amides is 1. The summed E-state index contributed by atoms with van der Waals surface area (Å²) in [5.41, 5.74) is 1.60. The number of hydrogen-bond donors (Lipinski definition) is 1. The van der Waals surface area contributed by atoms with Crippen LogP contribution in [0.1, 0.15) is 48.7 Å². The Hall–Kier alpha value is -0.840. The van der Waals surface area contributed by atoms with Crippen LogP contribution in [0.3, 0.4) is 0 Å². The average Bonchev–Trinajstić information content (AvgIpc) is 2.77. The summed E-state index contributed by atoms with van der Waals surface area (Å²) in [7, 11) is 1.85. The van der Waals surface area contributed by atoms with Crippen molar-refractivity contribution in [2.75, 3.05) is 6.54 Å². The fourth-order valence-corrected chi connectivity index (χ4v) is 3.58. The van der Waals surface area contributed by atoms with Crippen LogP contribution in [0.25, 0.3) is 0 Å². The smallest absolute Gasteiger partial charge is 0.254 e. The molecule has 0 spiro atoms. The number of hydrogen-bond acceptors (Lipinski definition) is 2. The number of nitrogens with one attached hydrogen (secondary N) is 1. The van der Waals surface area contributed by atoms with Gasteiger partial charge in [0.1, 0.15) is 0 Å². The monoisotopic (exact) mass is 327 g/mol. The normalized spacial score (nSPS) is 23.3. The van der Waals surface area contributed by atoms with Gasteiger partial charge in [-0.2, -0.15) is 5.10 Å². The van der Waals surface area contributed by atoms with Crippen molar-refractivity contribution < 1.29 is 4.79 Å². The Morgan fingerprint density at radius 2 is 2.37 bits per heavy atom. The molecule has 5 heteroatoms. The number of rotatable bonds is 4. The summed E-state index contributed by atoms with van der Waals surface area (Å²) in [6.07, 6.45) is 7.49. The highest BCUT2D eigenvalue weighted by Crippen LogP contribution is 2.28. The van der Waals surface area contributed by atoms with E-state index in [1.54, 1.807) is 4.68 Å². The molecule has 2 rings (SSSR count). The quantitative estimate of drug-likeness (QED) is 0.864. The molecule has 2 unspecified atom stereocenters. The summed E-state index contributed by atoms with van der Waals surface area (Å²) in [6, 6.07) is 0. The molecular weight excluding hydrogens is 306 g/mol. The predicted octanol–water partition coefficient (Wildman–Crippen LogP) is 2.67. The zero-order valence-corrected chi connectivity index (χ0v) is 13.2. The van der Waals surface area contributed by atoms with Crippen LogP contribution in [-0.2, 0) is 13.5 Å². The van der Waals surface area contributed by atoms with E-state index in [9.17, 15) is 4.79 Å². The van der Waals surface area contributed by atoms with Gasteiger partial charge >= 0.3 is 0 Å². The first-order valence-corrected chi connectivity index (χ1v) is 7.96. The first-order valence-electron chi connectivity index (χ1n) is 7.05. The molecule has 19 heavy (non-hydrogen) atoms. The summed E-state index contributed by atoms with van der Waals surface area (Å²) in [5, 5.41) is 7.37. The molecule has 1 aliphatic rings. The topological polar surface area (TPSA) is 46.9 Å². The molecule has 0 bridgehead atoms. The van der Waals surface area contributed by atoms with Crippen molar-refractivity contribution in [3.05, 3.63) is 17.5 Å². The van der Waals surface area contributed by atoms with Crippen LogP contribution in [0, 0.1) is 5.92 Å². The molecule has 106 valence electrons. The van der Waals surface area contributed by atoms with Gasteiger partial charge in [0.2, 0.25) is 0 Å². The third-order valence-corrected chi connectivity index (χ3v) is 4.59. The Morgan fingerprint density at radius 1 is 1.58 bits per heavy atom. The highest BCUT2D eigenvalue weighted by atomic mass is 79.9. The molecule has 1 fully saturated rings. The van der Waals surface area contributed by atoms with Crippen molar-refractivity contribution in [3.8, 4) is 0 Å². The fourth-order valence-electron chi connectivity index (χ4n) is 2.73. The molecule has 1 amide bonds. The van der Waals surface area contributed by atoms with Crippen LogP contribution < -0.4 is 5.32 Å². The van der Waals surface area contributed by atoms with Gasteiger partial charge in [-0.25, -0.2) is 0 Å². The minimum Gasteiger partial charge on any atom is -0.352 e. The van der Waals surface area contributed by atoms with Crippen molar-refractivity contribution in [2.45, 2.75) is 43.9 Å². The van der Waals surface area contributed by atoms with E-state index >= 15 is 0 Å². The summed E-state index contributed by atoms with van der Waals surface area (Å²) >= 11 is 3.68. The van der Waals surface area contributed by atoms with Crippen molar-refractivity contribution in [2.24, 2.45) is 13.0 Å². The van der Waals surface area contributed by atoms with Crippen molar-refractivity contribution in [1.29, 1.82) is 0 Å². The molecule has 1 heterocycles. The molecule has 1 aliphatic carbocycles. The lowest BCUT2D eigenvalue weighted by Gasteiger charge is -2.25. The molecule has 1 saturated carbocycles. The lowest BCUT2D eigenvalue weighted by atomic mass is 9.89. The molecule has 0 aromatic carbocycles. The predicted molar refractivity (Wildman–Crippen MR) is 79.6 cm³/mol. The van der Waals surface area contributed by atoms with E-state index in [1.165, 1.54) is 19.3 Å². The fraction of sp³-hybridized carbons (Fsp3) is 0.714. The maximum atomic E-state index is 12.2. The second-order valence-electron chi connectivity index (χ2n) is 5.36. The van der Waals surface area contributed by atoms with Crippen molar-refractivity contribution in [1.82, 2.24) is 15.1 Å². The molecule has 2 atom stereocenters. The van der Waals surface area contributed by atoms with Crippen LogP contribution in [0.4, 0.5) is 0 Å². The first-order chi connectivity index (χ1) is 9.10. The summed E-state index contributed by atoms with van der Waals surface area (Å²) in [6.45, 7) is 2.80. The lowest BCUT2D eigenvalue weighted by Crippen LogP contribution is -2.32. The van der Waals surface area contributed by atoms with E-state index < -0.39 is 0 Å². The van der Waals surface area contributed by atoms with E-state index in [-0.39, 0.29) is 5.91 Å². The zero-order valence-electron chi connectivity index (χ0n) is 11.7. The van der Waals surface area contributed by atoms with E-state index in [0.29, 0.717) is 10.7 Å². The maximum absolute atomic E-state index is 12.2. The van der Waals surface area contributed by atoms with Gasteiger partial charge in [-0.1, -0.05) is 29.3 Å². The maximum Gasteiger partial charge on any atom is 0.254 e. The summed E-state index contributed by atoms with van der Waals surface area (Å²) in [4.78, 5) is 12.8. The van der Waals surface area contributed by atoms with Gasteiger partial charge in [-0.05, 0) is 31.6 Å². The number of nitrogens with zero attached hydrogens (tertiary/aromatic N) is 2. The number of alkyl halides is 1. The third kappa shape index (κ3) is 3.81. The molecule has 0 saturated heterocycles. The number of carbonyl (C=O) groups excluding carboxylic acids is 1. The minimum absolute atomic E-state index is 0.0154. The van der Waals surface area contributed by atoms with Crippen LogP contribution in [0.2, 0.25) is 0 Å². The average molecular weight is 328 g/mol. The Labute approximate surface area is 123 Å². The second-order valence-corrected chi connectivity index (χ2v) is 6.65. The molecule has 0 aliphatic heterocycles. The Balaban J connectivity index is 1.90.